The quantitative estimate of drug-likeness (QED) is 0.809. The highest BCUT2D eigenvalue weighted by Gasteiger charge is 2.33. The average Bonchev–Trinajstić information content (AvgIpc) is 2.83. The van der Waals surface area contributed by atoms with Gasteiger partial charge in [0.1, 0.15) is 0 Å². The van der Waals surface area contributed by atoms with Crippen molar-refractivity contribution in [2.24, 2.45) is 17.3 Å². The van der Waals surface area contributed by atoms with Crippen molar-refractivity contribution >= 4 is 11.9 Å². The molecule has 0 spiro atoms. The third kappa shape index (κ3) is 3.69. The van der Waals surface area contributed by atoms with Gasteiger partial charge in [-0.2, -0.15) is 0 Å². The lowest BCUT2D eigenvalue weighted by Gasteiger charge is -2.27. The van der Waals surface area contributed by atoms with Gasteiger partial charge in [-0.15, -0.1) is 0 Å². The molecule has 0 radical (unpaired) electrons. The second kappa shape index (κ2) is 5.90. The van der Waals surface area contributed by atoms with Crippen LogP contribution in [0.1, 0.15) is 39.0 Å². The number of hydrogen-bond acceptors (Lipinski definition) is 3. The topological polar surface area (TPSA) is 75.6 Å². The van der Waals surface area contributed by atoms with Crippen LogP contribution in [-0.2, 0) is 14.3 Å². The first-order valence-corrected chi connectivity index (χ1v) is 7.08. The summed E-state index contributed by atoms with van der Waals surface area (Å²) in [5, 5.41) is 11.9. The van der Waals surface area contributed by atoms with Gasteiger partial charge in [-0.1, -0.05) is 6.92 Å². The zero-order valence-corrected chi connectivity index (χ0v) is 11.5. The molecule has 1 atom stereocenters. The number of carbonyl (C=O) groups excluding carboxylic acids is 1. The van der Waals surface area contributed by atoms with Crippen molar-refractivity contribution in [3.05, 3.63) is 0 Å². The van der Waals surface area contributed by atoms with Crippen molar-refractivity contribution in [2.75, 3.05) is 19.8 Å². The van der Waals surface area contributed by atoms with Gasteiger partial charge in [0.25, 0.3) is 0 Å². The predicted octanol–water partition coefficient (Wildman–Crippen LogP) is 1.42. The summed E-state index contributed by atoms with van der Waals surface area (Å²) < 4.78 is 5.36. The highest BCUT2D eigenvalue weighted by atomic mass is 16.5. The molecule has 1 heterocycles. The SMILES string of the molecule is CC1(CNC(=O)C2CCC(C(=O)O)CC2)CCOC1. The molecule has 0 aromatic heterocycles. The molecule has 19 heavy (non-hydrogen) atoms. The molecule has 108 valence electrons. The first-order chi connectivity index (χ1) is 9.00. The number of carbonyl (C=O) groups is 2. The van der Waals surface area contributed by atoms with E-state index in [9.17, 15) is 9.59 Å². The number of carboxylic acid groups (broad SMARTS) is 1. The molecule has 1 saturated carbocycles. The van der Waals surface area contributed by atoms with Crippen molar-refractivity contribution in [1.29, 1.82) is 0 Å². The second-order valence-corrected chi connectivity index (χ2v) is 6.22. The Hall–Kier alpha value is -1.10. The highest BCUT2D eigenvalue weighted by molar-refractivity contribution is 5.79. The number of carboxylic acids is 1. The van der Waals surface area contributed by atoms with Crippen molar-refractivity contribution in [1.82, 2.24) is 5.32 Å². The van der Waals surface area contributed by atoms with Crippen LogP contribution in [0.25, 0.3) is 0 Å². The molecule has 5 heteroatoms. The maximum Gasteiger partial charge on any atom is 0.306 e. The Bertz CT molecular complexity index is 341. The highest BCUT2D eigenvalue weighted by Crippen LogP contribution is 2.30. The molecule has 2 fully saturated rings. The number of amides is 1. The van der Waals surface area contributed by atoms with E-state index in [-0.39, 0.29) is 23.2 Å². The van der Waals surface area contributed by atoms with E-state index in [0.29, 0.717) is 38.8 Å². The van der Waals surface area contributed by atoms with Crippen LogP contribution < -0.4 is 5.32 Å². The molecule has 2 aliphatic rings. The van der Waals surface area contributed by atoms with Gasteiger partial charge < -0.3 is 15.2 Å². The largest absolute Gasteiger partial charge is 0.481 e. The monoisotopic (exact) mass is 269 g/mol. The Morgan fingerprint density at radius 1 is 1.26 bits per heavy atom. The predicted molar refractivity (Wildman–Crippen MR) is 69.6 cm³/mol. The molecule has 1 unspecified atom stereocenters. The first-order valence-electron chi connectivity index (χ1n) is 7.08. The molecular weight excluding hydrogens is 246 g/mol. The van der Waals surface area contributed by atoms with Gasteiger partial charge in [0.15, 0.2) is 0 Å². The van der Waals surface area contributed by atoms with Crippen molar-refractivity contribution in [3.8, 4) is 0 Å². The van der Waals surface area contributed by atoms with Crippen LogP contribution in [0.15, 0.2) is 0 Å². The summed E-state index contributed by atoms with van der Waals surface area (Å²) in [6.07, 6.45) is 3.60. The van der Waals surface area contributed by atoms with Crippen LogP contribution in [0.3, 0.4) is 0 Å². The fourth-order valence-electron chi connectivity index (χ4n) is 2.90. The van der Waals surface area contributed by atoms with Gasteiger partial charge >= 0.3 is 5.97 Å². The molecule has 1 amide bonds. The van der Waals surface area contributed by atoms with Gasteiger partial charge in [-0.3, -0.25) is 9.59 Å². The van der Waals surface area contributed by atoms with Crippen LogP contribution in [0.5, 0.6) is 0 Å². The zero-order valence-electron chi connectivity index (χ0n) is 11.5. The minimum atomic E-state index is -0.727. The molecule has 5 nitrogen and oxygen atoms in total. The summed E-state index contributed by atoms with van der Waals surface area (Å²) >= 11 is 0. The third-order valence-corrected chi connectivity index (χ3v) is 4.44. The molecule has 1 aliphatic heterocycles. The second-order valence-electron chi connectivity index (χ2n) is 6.22. The van der Waals surface area contributed by atoms with E-state index in [1.54, 1.807) is 0 Å². The smallest absolute Gasteiger partial charge is 0.306 e. The number of rotatable bonds is 4. The molecule has 2 N–H and O–H groups in total. The summed E-state index contributed by atoms with van der Waals surface area (Å²) in [6, 6.07) is 0. The minimum Gasteiger partial charge on any atom is -0.481 e. The Morgan fingerprint density at radius 2 is 1.89 bits per heavy atom. The van der Waals surface area contributed by atoms with E-state index in [1.165, 1.54) is 0 Å². The van der Waals surface area contributed by atoms with E-state index in [0.717, 1.165) is 13.0 Å². The minimum absolute atomic E-state index is 0.0125. The fraction of sp³-hybridized carbons (Fsp3) is 0.857. The van der Waals surface area contributed by atoms with Crippen LogP contribution in [0.2, 0.25) is 0 Å². The summed E-state index contributed by atoms with van der Waals surface area (Å²) in [6.45, 7) is 4.27. The maximum atomic E-state index is 12.1. The summed E-state index contributed by atoms with van der Waals surface area (Å²) in [4.78, 5) is 22.9. The lowest BCUT2D eigenvalue weighted by Crippen LogP contribution is -2.40. The van der Waals surface area contributed by atoms with Crippen LogP contribution in [-0.4, -0.2) is 36.7 Å². The summed E-state index contributed by atoms with van der Waals surface area (Å²) in [5.74, 6) is -0.919. The number of hydrogen-bond donors (Lipinski definition) is 2. The molecule has 2 rings (SSSR count). The summed E-state index contributed by atoms with van der Waals surface area (Å²) in [7, 11) is 0. The number of ether oxygens (including phenoxy) is 1. The molecule has 1 saturated heterocycles. The first kappa shape index (κ1) is 14.3. The van der Waals surface area contributed by atoms with Gasteiger partial charge in [0.05, 0.1) is 12.5 Å². The van der Waals surface area contributed by atoms with Crippen molar-refractivity contribution < 1.29 is 19.4 Å². The molecule has 0 aromatic rings. The molecule has 1 aliphatic carbocycles. The molecule has 0 bridgehead atoms. The molecule has 0 aromatic carbocycles. The van der Waals surface area contributed by atoms with Crippen molar-refractivity contribution in [3.63, 3.8) is 0 Å². The lowest BCUT2D eigenvalue weighted by atomic mass is 9.81. The van der Waals surface area contributed by atoms with Crippen LogP contribution >= 0.6 is 0 Å². The van der Waals surface area contributed by atoms with Gasteiger partial charge in [0.2, 0.25) is 5.91 Å². The van der Waals surface area contributed by atoms with E-state index in [4.69, 9.17) is 9.84 Å². The van der Waals surface area contributed by atoms with Crippen LogP contribution in [0, 0.1) is 17.3 Å². The Morgan fingerprint density at radius 3 is 2.42 bits per heavy atom. The van der Waals surface area contributed by atoms with Crippen molar-refractivity contribution in [2.45, 2.75) is 39.0 Å². The normalized spacial score (nSPS) is 35.0. The van der Waals surface area contributed by atoms with E-state index in [1.807, 2.05) is 0 Å². The van der Waals surface area contributed by atoms with E-state index < -0.39 is 5.97 Å². The zero-order chi connectivity index (χ0) is 13.9. The average molecular weight is 269 g/mol. The van der Waals surface area contributed by atoms with E-state index in [2.05, 4.69) is 12.2 Å². The van der Waals surface area contributed by atoms with Gasteiger partial charge in [-0.05, 0) is 32.1 Å². The van der Waals surface area contributed by atoms with Gasteiger partial charge in [-0.25, -0.2) is 0 Å². The molecular formula is C14H23NO4. The number of nitrogens with one attached hydrogen (secondary N) is 1. The van der Waals surface area contributed by atoms with Gasteiger partial charge in [0, 0.05) is 24.5 Å². The van der Waals surface area contributed by atoms with Crippen LogP contribution in [0.4, 0.5) is 0 Å². The fourth-order valence-corrected chi connectivity index (χ4v) is 2.90. The summed E-state index contributed by atoms with van der Waals surface area (Å²) in [5.41, 5.74) is 0.0634. The number of aliphatic carboxylic acids is 1. The standard InChI is InChI=1S/C14H23NO4/c1-14(6-7-19-9-14)8-15-12(16)10-2-4-11(5-3-10)13(17)18/h10-11H,2-9H2,1H3,(H,15,16)(H,17,18). The lowest BCUT2D eigenvalue weighted by molar-refractivity contribution is -0.144. The Kier molecular flexibility index (Phi) is 4.45. The Balaban J connectivity index is 1.74. The third-order valence-electron chi connectivity index (χ3n) is 4.44. The van der Waals surface area contributed by atoms with E-state index >= 15 is 0 Å². The Labute approximate surface area is 113 Å². The maximum absolute atomic E-state index is 12.1.